The quantitative estimate of drug-likeness (QED) is 0.195. The smallest absolute Gasteiger partial charge is 0.453 e. The first-order valence-electron chi connectivity index (χ1n) is 13.8. The number of carbonyl (C=O) groups excluding carboxylic acids is 1. The van der Waals surface area contributed by atoms with E-state index in [9.17, 15) is 22.8 Å². The molecule has 0 atom stereocenters. The van der Waals surface area contributed by atoms with E-state index in [2.05, 4.69) is 5.32 Å². The Kier molecular flexibility index (Phi) is 8.17. The van der Waals surface area contributed by atoms with E-state index < -0.39 is 35.6 Å². The fourth-order valence-electron chi connectivity index (χ4n) is 4.89. The van der Waals surface area contributed by atoms with Gasteiger partial charge in [0.1, 0.15) is 17.1 Å². The summed E-state index contributed by atoms with van der Waals surface area (Å²) in [6, 6.07) is 21.7. The van der Waals surface area contributed by atoms with E-state index in [1.165, 1.54) is 18.2 Å². The molecule has 0 unspecified atom stereocenters. The average molecular weight is 590 g/mol. The minimum absolute atomic E-state index is 0.0569. The van der Waals surface area contributed by atoms with Crippen molar-refractivity contribution in [3.8, 4) is 17.2 Å². The van der Waals surface area contributed by atoms with Crippen LogP contribution in [0, 0.1) is 0 Å². The van der Waals surface area contributed by atoms with E-state index in [1.807, 2.05) is 58.0 Å². The van der Waals surface area contributed by atoms with Crippen LogP contribution in [0.2, 0.25) is 0 Å². The number of anilines is 1. The Morgan fingerprint density at radius 3 is 2.14 bits per heavy atom. The van der Waals surface area contributed by atoms with Crippen molar-refractivity contribution in [3.05, 3.63) is 106 Å². The van der Waals surface area contributed by atoms with Crippen LogP contribution in [0.25, 0.3) is 21.7 Å². The molecule has 0 aliphatic rings. The van der Waals surface area contributed by atoms with Crippen LogP contribution in [0.5, 0.6) is 17.2 Å². The molecule has 0 radical (unpaired) electrons. The third-order valence-electron chi connectivity index (χ3n) is 7.03. The minimum atomic E-state index is -5.02. The molecular weight excluding hydrogens is 559 g/mol. The highest BCUT2D eigenvalue weighted by atomic mass is 19.4. The number of halogens is 3. The summed E-state index contributed by atoms with van der Waals surface area (Å²) in [5.74, 6) is -2.53. The van der Waals surface area contributed by atoms with Crippen molar-refractivity contribution >= 4 is 33.3 Å². The van der Waals surface area contributed by atoms with Crippen LogP contribution in [0.3, 0.4) is 0 Å². The number of para-hydroxylation sites is 1. The van der Waals surface area contributed by atoms with E-state index in [-0.39, 0.29) is 34.3 Å². The lowest BCUT2D eigenvalue weighted by molar-refractivity contribution is -0.154. The minimum Gasteiger partial charge on any atom is -0.484 e. The first-order valence-corrected chi connectivity index (χ1v) is 13.8. The van der Waals surface area contributed by atoms with Gasteiger partial charge in [-0.15, -0.1) is 0 Å². The van der Waals surface area contributed by atoms with Gasteiger partial charge in [-0.05, 0) is 58.0 Å². The molecule has 1 N–H and O–H groups in total. The van der Waals surface area contributed by atoms with Crippen molar-refractivity contribution in [3.63, 3.8) is 0 Å². The molecule has 1 amide bonds. The van der Waals surface area contributed by atoms with Gasteiger partial charge >= 0.3 is 6.18 Å². The molecule has 0 spiro atoms. The number of rotatable bonds is 8. The maximum atomic E-state index is 14.1. The summed E-state index contributed by atoms with van der Waals surface area (Å²) in [6.45, 7) is 7.71. The van der Waals surface area contributed by atoms with Gasteiger partial charge in [0.25, 0.3) is 11.7 Å². The van der Waals surface area contributed by atoms with Gasteiger partial charge < -0.3 is 19.2 Å². The van der Waals surface area contributed by atoms with Crippen molar-refractivity contribution in [1.29, 1.82) is 0 Å². The van der Waals surface area contributed by atoms with Crippen LogP contribution < -0.4 is 20.2 Å². The number of hydrogen-bond donors (Lipinski definition) is 1. The number of carbonyl (C=O) groups is 1. The lowest BCUT2D eigenvalue weighted by Crippen LogP contribution is -2.22. The first kappa shape index (κ1) is 29.7. The zero-order valence-corrected chi connectivity index (χ0v) is 24.0. The predicted octanol–water partition coefficient (Wildman–Crippen LogP) is 9.02. The van der Waals surface area contributed by atoms with E-state index in [0.717, 1.165) is 33.7 Å². The topological polar surface area (TPSA) is 77.8 Å². The number of fused-ring (bicyclic) bond motifs is 2. The summed E-state index contributed by atoms with van der Waals surface area (Å²) < 4.78 is 58.4. The summed E-state index contributed by atoms with van der Waals surface area (Å²) in [5, 5.41) is 4.39. The Hall–Kier alpha value is -4.79. The molecule has 222 valence electrons. The zero-order chi connectivity index (χ0) is 30.9. The maximum absolute atomic E-state index is 14.1. The molecule has 0 aliphatic heterocycles. The molecule has 5 rings (SSSR count). The summed E-state index contributed by atoms with van der Waals surface area (Å²) in [7, 11) is 0. The number of ether oxygens (including phenoxy) is 2. The summed E-state index contributed by atoms with van der Waals surface area (Å²) in [5.41, 5.74) is 1.34. The highest BCUT2D eigenvalue weighted by molar-refractivity contribution is 5.94. The van der Waals surface area contributed by atoms with E-state index >= 15 is 0 Å². The summed E-state index contributed by atoms with van der Waals surface area (Å²) >= 11 is 0. The highest BCUT2D eigenvalue weighted by Gasteiger charge is 2.40. The van der Waals surface area contributed by atoms with Gasteiger partial charge in [-0.3, -0.25) is 9.59 Å². The Morgan fingerprint density at radius 2 is 1.49 bits per heavy atom. The third kappa shape index (κ3) is 6.35. The van der Waals surface area contributed by atoms with Crippen LogP contribution in [0.1, 0.15) is 56.4 Å². The zero-order valence-electron chi connectivity index (χ0n) is 24.0. The summed E-state index contributed by atoms with van der Waals surface area (Å²) in [6.07, 6.45) is -5.02. The van der Waals surface area contributed by atoms with Crippen molar-refractivity contribution in [1.82, 2.24) is 0 Å². The first-order chi connectivity index (χ1) is 20.4. The fourth-order valence-corrected chi connectivity index (χ4v) is 4.89. The molecule has 5 aromatic rings. The van der Waals surface area contributed by atoms with Gasteiger partial charge in [-0.2, -0.15) is 13.2 Å². The van der Waals surface area contributed by atoms with Gasteiger partial charge in [0.2, 0.25) is 11.2 Å². The molecule has 0 saturated carbocycles. The normalized spacial score (nSPS) is 11.8. The monoisotopic (exact) mass is 589 g/mol. The number of alkyl halides is 3. The van der Waals surface area contributed by atoms with Crippen molar-refractivity contribution in [2.45, 2.75) is 45.7 Å². The average Bonchev–Trinajstić information content (AvgIpc) is 2.96. The molecule has 43 heavy (non-hydrogen) atoms. The maximum Gasteiger partial charge on any atom is 0.453 e. The Bertz CT molecular complexity index is 1850. The van der Waals surface area contributed by atoms with Gasteiger partial charge in [0.05, 0.1) is 5.39 Å². The Labute approximate surface area is 246 Å². The van der Waals surface area contributed by atoms with Crippen molar-refractivity contribution in [2.75, 3.05) is 11.9 Å². The lowest BCUT2D eigenvalue weighted by atomic mass is 9.92. The predicted molar refractivity (Wildman–Crippen MR) is 160 cm³/mol. The molecule has 0 aliphatic carbocycles. The van der Waals surface area contributed by atoms with Crippen LogP contribution in [-0.2, 0) is 11.0 Å². The van der Waals surface area contributed by atoms with Crippen LogP contribution >= 0.6 is 0 Å². The molecular formula is C34H30F3NO5. The number of benzene rings is 4. The Morgan fingerprint density at radius 1 is 0.837 bits per heavy atom. The molecule has 1 aromatic heterocycles. The van der Waals surface area contributed by atoms with Gasteiger partial charge in [0, 0.05) is 11.8 Å². The fraction of sp³-hybridized carbons (Fsp3) is 0.235. The number of hydrogen-bond acceptors (Lipinski definition) is 5. The number of amides is 1. The van der Waals surface area contributed by atoms with Gasteiger partial charge in [0.15, 0.2) is 6.61 Å². The van der Waals surface area contributed by atoms with Crippen molar-refractivity contribution in [2.24, 2.45) is 0 Å². The Balaban J connectivity index is 1.41. The highest BCUT2D eigenvalue weighted by Crippen LogP contribution is 2.39. The van der Waals surface area contributed by atoms with Gasteiger partial charge in [-0.25, -0.2) is 0 Å². The van der Waals surface area contributed by atoms with Gasteiger partial charge in [-0.1, -0.05) is 76.2 Å². The van der Waals surface area contributed by atoms with E-state index in [4.69, 9.17) is 13.9 Å². The van der Waals surface area contributed by atoms with E-state index in [0.29, 0.717) is 0 Å². The molecule has 0 bridgehead atoms. The largest absolute Gasteiger partial charge is 0.484 e. The SMILES string of the molecule is CC(C)c1cccc(C(C)C)c1NC(=O)COc1ccc2c(=O)c(Oc3ccc4ccccc4c3)c(C(F)(F)F)oc2c1. The standard InChI is InChI=1S/C34H30F3NO5/c1-19(2)25-10-7-11-26(20(3)4)30(25)38-29(39)18-41-23-14-15-27-28(17-23)43-33(34(35,36)37)32(31(27)40)42-24-13-12-21-8-5-6-9-22(21)16-24/h5-17,19-20H,18H2,1-4H3,(H,38,39). The third-order valence-corrected chi connectivity index (χ3v) is 7.03. The number of nitrogens with one attached hydrogen (secondary N) is 1. The molecule has 0 fully saturated rings. The van der Waals surface area contributed by atoms with Crippen molar-refractivity contribution < 1.29 is 31.9 Å². The second kappa shape index (κ2) is 11.8. The van der Waals surface area contributed by atoms with Crippen LogP contribution in [-0.4, -0.2) is 12.5 Å². The van der Waals surface area contributed by atoms with E-state index in [1.54, 1.807) is 24.3 Å². The van der Waals surface area contributed by atoms with Crippen LogP contribution in [0.4, 0.5) is 18.9 Å². The second-order valence-electron chi connectivity index (χ2n) is 10.8. The summed E-state index contributed by atoms with van der Waals surface area (Å²) in [4.78, 5) is 26.1. The molecule has 4 aromatic carbocycles. The van der Waals surface area contributed by atoms with Crippen LogP contribution in [0.15, 0.2) is 88.1 Å². The lowest BCUT2D eigenvalue weighted by Gasteiger charge is -2.20. The molecule has 1 heterocycles. The molecule has 0 saturated heterocycles. The second-order valence-corrected chi connectivity index (χ2v) is 10.8. The molecule has 6 nitrogen and oxygen atoms in total. The molecule has 9 heteroatoms.